The zero-order valence-corrected chi connectivity index (χ0v) is 16.1. The molecule has 0 unspecified atom stereocenters. The zero-order valence-electron chi connectivity index (χ0n) is 16.1. The van der Waals surface area contributed by atoms with Crippen molar-refractivity contribution in [3.8, 4) is 0 Å². The highest BCUT2D eigenvalue weighted by atomic mass is 16.5. The molecule has 0 saturated carbocycles. The first-order valence-corrected chi connectivity index (χ1v) is 8.90. The monoisotopic (exact) mass is 364 g/mol. The first-order valence-electron chi connectivity index (χ1n) is 8.90. The molecule has 2 aromatic carbocycles. The molecule has 0 aliphatic rings. The lowest BCUT2D eigenvalue weighted by Gasteiger charge is -2.18. The van der Waals surface area contributed by atoms with Crippen molar-refractivity contribution < 1.29 is 14.3 Å². The number of amides is 1. The molecule has 3 aromatic rings. The molecule has 5 nitrogen and oxygen atoms in total. The number of rotatable bonds is 5. The van der Waals surface area contributed by atoms with Crippen LogP contribution in [0.5, 0.6) is 0 Å². The van der Waals surface area contributed by atoms with E-state index in [1.807, 2.05) is 51.1 Å². The minimum Gasteiger partial charge on any atom is -0.451 e. The van der Waals surface area contributed by atoms with Gasteiger partial charge in [0, 0.05) is 24.5 Å². The van der Waals surface area contributed by atoms with Crippen molar-refractivity contribution in [1.29, 1.82) is 0 Å². The molecule has 1 N–H and O–H groups in total. The summed E-state index contributed by atoms with van der Waals surface area (Å²) in [6, 6.07) is 13.7. The number of aromatic nitrogens is 1. The van der Waals surface area contributed by atoms with Crippen LogP contribution in [0.3, 0.4) is 0 Å². The lowest BCUT2D eigenvalue weighted by molar-refractivity contribution is -0.133. The van der Waals surface area contributed by atoms with Gasteiger partial charge in [-0.15, -0.1) is 0 Å². The molecule has 3 rings (SSSR count). The summed E-state index contributed by atoms with van der Waals surface area (Å²) in [4.78, 5) is 29.3. The predicted octanol–water partition coefficient (Wildman–Crippen LogP) is 3.91. The predicted molar refractivity (Wildman–Crippen MR) is 106 cm³/mol. The van der Waals surface area contributed by atoms with E-state index in [0.717, 1.165) is 33.2 Å². The number of hydrogen-bond acceptors (Lipinski definition) is 3. The van der Waals surface area contributed by atoms with E-state index in [2.05, 4.69) is 11.1 Å². The van der Waals surface area contributed by atoms with Crippen LogP contribution in [-0.2, 0) is 16.1 Å². The van der Waals surface area contributed by atoms with E-state index in [0.29, 0.717) is 12.2 Å². The van der Waals surface area contributed by atoms with E-state index in [9.17, 15) is 9.59 Å². The third kappa shape index (κ3) is 4.19. The van der Waals surface area contributed by atoms with Crippen LogP contribution in [0.15, 0.2) is 42.5 Å². The fraction of sp³-hybridized carbons (Fsp3) is 0.273. The van der Waals surface area contributed by atoms with Crippen LogP contribution in [0, 0.1) is 20.8 Å². The van der Waals surface area contributed by atoms with Crippen LogP contribution >= 0.6 is 0 Å². The van der Waals surface area contributed by atoms with E-state index in [-0.39, 0.29) is 12.5 Å². The molecule has 0 spiro atoms. The molecule has 0 bridgehead atoms. The van der Waals surface area contributed by atoms with Crippen molar-refractivity contribution in [2.75, 3.05) is 13.7 Å². The summed E-state index contributed by atoms with van der Waals surface area (Å²) >= 11 is 0. The molecule has 0 saturated heterocycles. The summed E-state index contributed by atoms with van der Waals surface area (Å²) in [6.07, 6.45) is 0. The zero-order chi connectivity index (χ0) is 19.6. The van der Waals surface area contributed by atoms with Gasteiger partial charge in [0.2, 0.25) is 0 Å². The maximum Gasteiger partial charge on any atom is 0.355 e. The summed E-state index contributed by atoms with van der Waals surface area (Å²) in [5.74, 6) is -0.768. The standard InChI is InChI=1S/C22H24N2O3/c1-14-9-16(3)18-11-20(23-19(18)10-14)22(26)27-13-21(25)24(4)12-17-8-6-5-7-15(17)2/h5-11,23H,12-13H2,1-4H3. The van der Waals surface area contributed by atoms with Gasteiger partial charge in [-0.1, -0.05) is 30.3 Å². The number of carbonyl (C=O) groups is 2. The SMILES string of the molecule is Cc1cc(C)c2cc(C(=O)OCC(=O)N(C)Cc3ccccc3C)[nH]c2c1. The van der Waals surface area contributed by atoms with Crippen LogP contribution < -0.4 is 0 Å². The second kappa shape index (κ2) is 7.66. The Labute approximate surface area is 158 Å². The Morgan fingerprint density at radius 2 is 1.78 bits per heavy atom. The number of aromatic amines is 1. The number of ether oxygens (including phenoxy) is 1. The maximum atomic E-state index is 12.3. The highest BCUT2D eigenvalue weighted by Gasteiger charge is 2.16. The van der Waals surface area contributed by atoms with Crippen molar-refractivity contribution in [2.45, 2.75) is 27.3 Å². The Morgan fingerprint density at radius 3 is 2.52 bits per heavy atom. The number of H-pyrrole nitrogens is 1. The molecule has 0 atom stereocenters. The second-order valence-electron chi connectivity index (χ2n) is 6.98. The van der Waals surface area contributed by atoms with Crippen LogP contribution in [-0.4, -0.2) is 35.4 Å². The molecule has 1 aromatic heterocycles. The van der Waals surface area contributed by atoms with Crippen molar-refractivity contribution in [2.24, 2.45) is 0 Å². The molecule has 0 aliphatic heterocycles. The number of aryl methyl sites for hydroxylation is 3. The number of esters is 1. The van der Waals surface area contributed by atoms with Gasteiger partial charge in [0.15, 0.2) is 6.61 Å². The lowest BCUT2D eigenvalue weighted by atomic mass is 10.1. The number of hydrogen-bond donors (Lipinski definition) is 1. The average Bonchev–Trinajstić information content (AvgIpc) is 3.05. The molecule has 27 heavy (non-hydrogen) atoms. The number of fused-ring (bicyclic) bond motifs is 1. The summed E-state index contributed by atoms with van der Waals surface area (Å²) in [6.45, 7) is 6.21. The van der Waals surface area contributed by atoms with Crippen molar-refractivity contribution in [1.82, 2.24) is 9.88 Å². The van der Waals surface area contributed by atoms with Gasteiger partial charge in [0.05, 0.1) is 0 Å². The van der Waals surface area contributed by atoms with E-state index in [4.69, 9.17) is 4.74 Å². The van der Waals surface area contributed by atoms with E-state index in [1.54, 1.807) is 18.0 Å². The quantitative estimate of drug-likeness (QED) is 0.698. The number of carbonyl (C=O) groups excluding carboxylic acids is 2. The second-order valence-corrected chi connectivity index (χ2v) is 6.98. The maximum absolute atomic E-state index is 12.3. The molecule has 0 radical (unpaired) electrons. The Morgan fingerprint density at radius 1 is 1.04 bits per heavy atom. The van der Waals surface area contributed by atoms with Crippen LogP contribution in [0.4, 0.5) is 0 Å². The van der Waals surface area contributed by atoms with Gasteiger partial charge in [-0.05, 0) is 55.2 Å². The Kier molecular flexibility index (Phi) is 5.31. The summed E-state index contributed by atoms with van der Waals surface area (Å²) in [5, 5.41) is 0.982. The summed E-state index contributed by atoms with van der Waals surface area (Å²) in [5.41, 5.74) is 5.65. The third-order valence-electron chi connectivity index (χ3n) is 4.73. The lowest BCUT2D eigenvalue weighted by Crippen LogP contribution is -2.31. The van der Waals surface area contributed by atoms with E-state index in [1.165, 1.54) is 0 Å². The fourth-order valence-electron chi connectivity index (χ4n) is 3.16. The van der Waals surface area contributed by atoms with Crippen LogP contribution in [0.2, 0.25) is 0 Å². The molecular formula is C22H24N2O3. The number of nitrogens with zero attached hydrogens (tertiary/aromatic N) is 1. The number of likely N-dealkylation sites (N-methyl/N-ethyl adjacent to an activating group) is 1. The van der Waals surface area contributed by atoms with Gasteiger partial charge >= 0.3 is 5.97 Å². The normalized spacial score (nSPS) is 10.8. The third-order valence-corrected chi connectivity index (χ3v) is 4.73. The van der Waals surface area contributed by atoms with Gasteiger partial charge in [-0.3, -0.25) is 4.79 Å². The summed E-state index contributed by atoms with van der Waals surface area (Å²) < 4.78 is 5.22. The Hall–Kier alpha value is -3.08. The molecule has 140 valence electrons. The molecule has 0 aliphatic carbocycles. The Balaban J connectivity index is 1.62. The highest BCUT2D eigenvalue weighted by Crippen LogP contribution is 2.21. The number of nitrogens with one attached hydrogen (secondary N) is 1. The molecule has 0 fully saturated rings. The van der Waals surface area contributed by atoms with Crippen LogP contribution in [0.25, 0.3) is 10.9 Å². The fourth-order valence-corrected chi connectivity index (χ4v) is 3.16. The highest BCUT2D eigenvalue weighted by molar-refractivity contribution is 5.96. The van der Waals surface area contributed by atoms with E-state index >= 15 is 0 Å². The number of benzene rings is 2. The van der Waals surface area contributed by atoms with Crippen molar-refractivity contribution in [3.05, 3.63) is 70.4 Å². The first-order chi connectivity index (χ1) is 12.8. The molecule has 1 heterocycles. The largest absolute Gasteiger partial charge is 0.451 e. The van der Waals surface area contributed by atoms with Gasteiger partial charge in [-0.2, -0.15) is 0 Å². The molecule has 1 amide bonds. The average molecular weight is 364 g/mol. The van der Waals surface area contributed by atoms with Crippen molar-refractivity contribution in [3.63, 3.8) is 0 Å². The van der Waals surface area contributed by atoms with Crippen LogP contribution in [0.1, 0.15) is 32.7 Å². The first kappa shape index (κ1) is 18.7. The minimum absolute atomic E-state index is 0.241. The topological polar surface area (TPSA) is 62.4 Å². The molecule has 5 heteroatoms. The van der Waals surface area contributed by atoms with Gasteiger partial charge < -0.3 is 14.6 Å². The molecular weight excluding hydrogens is 340 g/mol. The smallest absolute Gasteiger partial charge is 0.355 e. The van der Waals surface area contributed by atoms with Crippen molar-refractivity contribution >= 4 is 22.8 Å². The minimum atomic E-state index is -0.527. The summed E-state index contributed by atoms with van der Waals surface area (Å²) in [7, 11) is 1.71. The van der Waals surface area contributed by atoms with Gasteiger partial charge in [0.1, 0.15) is 5.69 Å². The van der Waals surface area contributed by atoms with E-state index < -0.39 is 5.97 Å². The van der Waals surface area contributed by atoms with Gasteiger partial charge in [0.25, 0.3) is 5.91 Å². The van der Waals surface area contributed by atoms with Gasteiger partial charge in [-0.25, -0.2) is 4.79 Å². The Bertz CT molecular complexity index is 1000.